The normalized spacial score (nSPS) is 14.4. The molecule has 0 N–H and O–H groups in total. The van der Waals surface area contributed by atoms with Crippen molar-refractivity contribution in [1.29, 1.82) is 0 Å². The van der Waals surface area contributed by atoms with E-state index in [1.165, 1.54) is 154 Å². The van der Waals surface area contributed by atoms with E-state index in [1.54, 1.807) is 0 Å². The number of hydrogen-bond acceptors (Lipinski definition) is 6. The molecule has 0 unspecified atom stereocenters. The summed E-state index contributed by atoms with van der Waals surface area (Å²) in [5, 5.41) is 10.2. The quantitative estimate of drug-likeness (QED) is 0.141. The molecule has 0 saturated heterocycles. The van der Waals surface area contributed by atoms with Gasteiger partial charge in [-0.2, -0.15) is 0 Å². The van der Waals surface area contributed by atoms with Crippen LogP contribution in [-0.2, 0) is 21.7 Å². The van der Waals surface area contributed by atoms with E-state index in [-0.39, 0.29) is 10.8 Å². The minimum Gasteiger partial charge on any atom is -0.213 e. The van der Waals surface area contributed by atoms with Crippen LogP contribution >= 0.6 is 0 Å². The maximum absolute atomic E-state index is 5.29. The van der Waals surface area contributed by atoms with E-state index in [0.29, 0.717) is 34.9 Å². The first-order valence-corrected chi connectivity index (χ1v) is 38.2. The summed E-state index contributed by atoms with van der Waals surface area (Å²) in [7, 11) is 0. The maximum Gasteiger partial charge on any atom is 0.163 e. The van der Waals surface area contributed by atoms with Crippen molar-refractivity contribution in [2.24, 2.45) is 0 Å². The summed E-state index contributed by atoms with van der Waals surface area (Å²) in [6.07, 6.45) is 0. The number of nitrogens with zero attached hydrogens (tertiary/aromatic N) is 6. The zero-order valence-electron chi connectivity index (χ0n) is 62.0. The molecule has 2 heterocycles. The van der Waals surface area contributed by atoms with Crippen LogP contribution in [0.25, 0.3) is 133 Å². The molecule has 6 heteroatoms. The Bertz CT molecular complexity index is 6380. The van der Waals surface area contributed by atoms with Crippen LogP contribution in [0.3, 0.4) is 0 Å². The molecule has 4 aliphatic carbocycles. The zero-order chi connectivity index (χ0) is 73.8. The lowest BCUT2D eigenvalue weighted by molar-refractivity contribution is 0.661. The van der Waals surface area contributed by atoms with Crippen LogP contribution in [0, 0.1) is 13.8 Å². The zero-order valence-corrected chi connectivity index (χ0v) is 62.0. The number of aromatic nitrogens is 6. The van der Waals surface area contributed by atoms with Crippen molar-refractivity contribution >= 4 is 43.1 Å². The number of aryl methyl sites for hydroxylation is 2. The Hall–Kier alpha value is -13.4. The molecule has 16 aromatic carbocycles. The molecular formula is C104H74N6. The van der Waals surface area contributed by atoms with Crippen molar-refractivity contribution in [1.82, 2.24) is 29.9 Å². The summed E-state index contributed by atoms with van der Waals surface area (Å²) in [6.45, 7) is 13.3. The number of rotatable bonds is 8. The van der Waals surface area contributed by atoms with Gasteiger partial charge in [-0.3, -0.25) is 0 Å². The Balaban J connectivity index is 0.000000140. The third-order valence-corrected chi connectivity index (χ3v) is 24.4. The fourth-order valence-electron chi connectivity index (χ4n) is 19.3. The van der Waals surface area contributed by atoms with E-state index in [2.05, 4.69) is 367 Å². The van der Waals surface area contributed by atoms with Crippen LogP contribution in [0.2, 0.25) is 0 Å². The second-order valence-corrected chi connectivity index (χ2v) is 31.3. The second-order valence-electron chi connectivity index (χ2n) is 31.3. The van der Waals surface area contributed by atoms with Crippen LogP contribution in [0.15, 0.2) is 340 Å². The predicted molar refractivity (Wildman–Crippen MR) is 451 cm³/mol. The average Bonchev–Trinajstić information content (AvgIpc) is 1.54. The van der Waals surface area contributed by atoms with Gasteiger partial charge >= 0.3 is 0 Å². The first-order chi connectivity index (χ1) is 53.8. The van der Waals surface area contributed by atoms with Gasteiger partial charge in [0.25, 0.3) is 0 Å². The predicted octanol–water partition coefficient (Wildman–Crippen LogP) is 25.0. The lowest BCUT2D eigenvalue weighted by Crippen LogP contribution is -2.28. The van der Waals surface area contributed by atoms with E-state index in [4.69, 9.17) is 29.9 Å². The summed E-state index contributed by atoms with van der Waals surface area (Å²) in [5.74, 6) is 4.13. The smallest absolute Gasteiger partial charge is 0.163 e. The van der Waals surface area contributed by atoms with Crippen molar-refractivity contribution < 1.29 is 0 Å². The summed E-state index contributed by atoms with van der Waals surface area (Å²) >= 11 is 0. The van der Waals surface area contributed by atoms with Gasteiger partial charge in [0, 0.05) is 33.1 Å². The van der Waals surface area contributed by atoms with Crippen LogP contribution in [0.1, 0.15) is 106 Å². The summed E-state index contributed by atoms with van der Waals surface area (Å²) in [4.78, 5) is 30.2. The average molecular weight is 1410 g/mol. The standard InChI is InChI=1S/C54H37N3.C50H37N3/c1-36-55-51(37-30-32-45-43-26-14-16-28-47(43)53(49(45)34-37,39-18-6-2-7-19-39)40-20-8-3-9-21-40)57-52(56-36)38-31-33-46-44-27-15-17-29-48(44)54(50(46)35-38,41-22-10-4-11-23-41)42-24-12-5-13-25-42;1-28-51-47(33-14-16-39-41-22-35-18-29-10-6-8-12-31(29)20-37(35)26-45(41)49(2,3)43(39)24-33)53-48(52-28)34-15-17-40-42-23-36-19-30-11-7-9-13-32(30)21-38(36)27-46(42)50(4,5)44(40)25-34/h2-35H,1H3;6-27H,1-5H3. The van der Waals surface area contributed by atoms with Gasteiger partial charge in [0.1, 0.15) is 11.6 Å². The first-order valence-electron chi connectivity index (χ1n) is 38.2. The van der Waals surface area contributed by atoms with Gasteiger partial charge in [0.05, 0.1) is 10.8 Å². The molecule has 6 nitrogen and oxygen atoms in total. The molecule has 2 aromatic heterocycles. The van der Waals surface area contributed by atoms with Crippen molar-refractivity contribution in [3.63, 3.8) is 0 Å². The van der Waals surface area contributed by atoms with Crippen LogP contribution in [0.5, 0.6) is 0 Å². The van der Waals surface area contributed by atoms with Gasteiger partial charge < -0.3 is 0 Å². The lowest BCUT2D eigenvalue weighted by atomic mass is 9.67. The van der Waals surface area contributed by atoms with Crippen molar-refractivity contribution in [2.75, 3.05) is 0 Å². The van der Waals surface area contributed by atoms with Gasteiger partial charge in [-0.25, -0.2) is 29.9 Å². The molecule has 0 amide bonds. The van der Waals surface area contributed by atoms with E-state index < -0.39 is 10.8 Å². The molecular weight excluding hydrogens is 1330 g/mol. The van der Waals surface area contributed by atoms with Gasteiger partial charge in [-0.15, -0.1) is 0 Å². The highest BCUT2D eigenvalue weighted by molar-refractivity contribution is 6.04. The molecule has 0 saturated carbocycles. The highest BCUT2D eigenvalue weighted by Gasteiger charge is 2.48. The van der Waals surface area contributed by atoms with Gasteiger partial charge in [-0.05, 0) is 241 Å². The van der Waals surface area contributed by atoms with Crippen molar-refractivity contribution in [3.8, 4) is 90.1 Å². The Labute approximate surface area is 640 Å². The van der Waals surface area contributed by atoms with Gasteiger partial charge in [0.15, 0.2) is 23.3 Å². The van der Waals surface area contributed by atoms with Crippen LogP contribution < -0.4 is 0 Å². The largest absolute Gasteiger partial charge is 0.213 e. The van der Waals surface area contributed by atoms with Crippen molar-refractivity contribution in [3.05, 3.63) is 418 Å². The molecule has 18 aromatic rings. The van der Waals surface area contributed by atoms with Crippen molar-refractivity contribution in [2.45, 2.75) is 63.2 Å². The van der Waals surface area contributed by atoms with Gasteiger partial charge in [-0.1, -0.05) is 295 Å². The molecule has 0 bridgehead atoms. The third-order valence-electron chi connectivity index (χ3n) is 24.4. The summed E-state index contributed by atoms with van der Waals surface area (Å²) in [6, 6.07) is 124. The third kappa shape index (κ3) is 9.81. The summed E-state index contributed by atoms with van der Waals surface area (Å²) in [5.41, 5.74) is 28.0. The molecule has 520 valence electrons. The topological polar surface area (TPSA) is 77.3 Å². The number of fused-ring (bicyclic) bond motifs is 16. The van der Waals surface area contributed by atoms with Crippen LogP contribution in [-0.4, -0.2) is 29.9 Å². The second kappa shape index (κ2) is 24.6. The highest BCUT2D eigenvalue weighted by atomic mass is 15.0. The van der Waals surface area contributed by atoms with E-state index >= 15 is 0 Å². The number of hydrogen-bond donors (Lipinski definition) is 0. The number of benzene rings is 16. The monoisotopic (exact) mass is 1410 g/mol. The Morgan fingerprint density at radius 2 is 0.427 bits per heavy atom. The minimum atomic E-state index is -0.511. The lowest BCUT2D eigenvalue weighted by Gasteiger charge is -2.34. The molecule has 22 rings (SSSR count). The van der Waals surface area contributed by atoms with Crippen LogP contribution in [0.4, 0.5) is 0 Å². The molecule has 0 atom stereocenters. The first kappa shape index (κ1) is 64.9. The molecule has 0 spiro atoms. The molecule has 0 aliphatic heterocycles. The van der Waals surface area contributed by atoms with E-state index in [9.17, 15) is 0 Å². The fraction of sp³-hybridized carbons (Fsp3) is 0.0962. The maximum atomic E-state index is 5.29. The molecule has 110 heavy (non-hydrogen) atoms. The summed E-state index contributed by atoms with van der Waals surface area (Å²) < 4.78 is 0. The molecule has 0 fully saturated rings. The fourth-order valence-corrected chi connectivity index (χ4v) is 19.3. The minimum absolute atomic E-state index is 0.163. The van der Waals surface area contributed by atoms with E-state index in [0.717, 1.165) is 22.3 Å². The Morgan fingerprint density at radius 3 is 0.745 bits per heavy atom. The van der Waals surface area contributed by atoms with Gasteiger partial charge in [0.2, 0.25) is 0 Å². The highest BCUT2D eigenvalue weighted by Crippen LogP contribution is 2.60. The molecule has 4 aliphatic rings. The SMILES string of the molecule is Cc1nc(-c2ccc3c(c2)C(C)(C)c2cc4cc5ccccc5cc4cc2-3)nc(-c2ccc3c(c2)C(C)(C)c2cc4cc5ccccc5cc4cc2-3)n1.Cc1nc(-c2ccc3c(c2)C(c2ccccc2)(c2ccccc2)c2ccccc2-3)nc(-c2ccc3c(c2)C(c2ccccc2)(c2ccccc2)c2ccccc2-3)n1. The Morgan fingerprint density at radius 1 is 0.182 bits per heavy atom. The van der Waals surface area contributed by atoms with E-state index in [1.807, 2.05) is 13.8 Å². The Kier molecular flexibility index (Phi) is 14.5. The molecule has 0 radical (unpaired) electrons.